The Hall–Kier alpha value is -2.82. The summed E-state index contributed by atoms with van der Waals surface area (Å²) >= 11 is 0. The van der Waals surface area contributed by atoms with Crippen LogP contribution >= 0.6 is 0 Å². The number of rotatable bonds is 2. The van der Waals surface area contributed by atoms with Gasteiger partial charge in [0.05, 0.1) is 24.0 Å². The van der Waals surface area contributed by atoms with E-state index < -0.39 is 11.0 Å². The fraction of sp³-hybridized carbons (Fsp3) is 0.176. The van der Waals surface area contributed by atoms with E-state index in [0.717, 1.165) is 28.7 Å². The molecule has 0 atom stereocenters. The smallest absolute Gasteiger partial charge is 0.303 e. The number of ether oxygens (including phenoxy) is 1. The highest BCUT2D eigenvalue weighted by Gasteiger charge is 2.21. The third-order valence-corrected chi connectivity index (χ3v) is 4.21. The standard InChI is InChI=1S/C17H14N2O3/c1-3-18-7-6-12-11-5-4-10(22-2)8-13(11)19-16(12)14(18)9-15(20)17(19)21/h4-9H,3H2,1-2H3. The van der Waals surface area contributed by atoms with Crippen molar-refractivity contribution in [1.82, 2.24) is 8.97 Å². The van der Waals surface area contributed by atoms with Gasteiger partial charge in [0.2, 0.25) is 5.43 Å². The zero-order valence-corrected chi connectivity index (χ0v) is 12.3. The van der Waals surface area contributed by atoms with E-state index in [1.54, 1.807) is 13.2 Å². The minimum atomic E-state index is -0.519. The van der Waals surface area contributed by atoms with E-state index in [1.165, 1.54) is 10.5 Å². The number of hydrogen-bond donors (Lipinski definition) is 0. The van der Waals surface area contributed by atoms with Crippen LogP contribution in [0.3, 0.4) is 0 Å². The van der Waals surface area contributed by atoms with E-state index in [-0.39, 0.29) is 0 Å². The van der Waals surface area contributed by atoms with E-state index in [2.05, 4.69) is 0 Å². The second kappa shape index (κ2) is 4.34. The Bertz CT molecular complexity index is 1090. The molecule has 4 rings (SSSR count). The summed E-state index contributed by atoms with van der Waals surface area (Å²) in [6.07, 6.45) is 1.95. The first kappa shape index (κ1) is 12.9. The molecule has 0 saturated heterocycles. The Morgan fingerprint density at radius 2 is 1.91 bits per heavy atom. The van der Waals surface area contributed by atoms with Crippen molar-refractivity contribution in [2.75, 3.05) is 7.11 Å². The Morgan fingerprint density at radius 1 is 1.09 bits per heavy atom. The maximum absolute atomic E-state index is 12.4. The topological polar surface area (TPSA) is 52.7 Å². The molecule has 0 bridgehead atoms. The van der Waals surface area contributed by atoms with Gasteiger partial charge in [-0.3, -0.25) is 14.0 Å². The Balaban J connectivity index is 2.35. The maximum Gasteiger partial charge on any atom is 0.303 e. The lowest BCUT2D eigenvalue weighted by Crippen LogP contribution is -2.31. The zero-order chi connectivity index (χ0) is 15.4. The summed E-state index contributed by atoms with van der Waals surface area (Å²) in [4.78, 5) is 24.5. The molecule has 0 amide bonds. The Kier molecular flexibility index (Phi) is 2.54. The Morgan fingerprint density at radius 3 is 2.64 bits per heavy atom. The van der Waals surface area contributed by atoms with E-state index in [4.69, 9.17) is 4.74 Å². The molecule has 3 heterocycles. The van der Waals surface area contributed by atoms with Crippen LogP contribution in [0, 0.1) is 0 Å². The summed E-state index contributed by atoms with van der Waals surface area (Å²) in [5, 5.41) is 1.91. The highest BCUT2D eigenvalue weighted by molar-refractivity contribution is 6.06. The first-order valence-electron chi connectivity index (χ1n) is 7.13. The molecule has 2 aromatic rings. The minimum absolute atomic E-state index is 0.498. The molecular weight excluding hydrogens is 280 g/mol. The number of benzene rings is 1. The molecule has 0 unspecified atom stereocenters. The van der Waals surface area contributed by atoms with Crippen LogP contribution in [-0.2, 0) is 6.54 Å². The molecule has 5 nitrogen and oxygen atoms in total. The molecule has 0 radical (unpaired) electrons. The van der Waals surface area contributed by atoms with Crippen LogP contribution in [0.25, 0.3) is 27.7 Å². The maximum atomic E-state index is 12.4. The molecule has 0 spiro atoms. The SMILES string of the molecule is CCn1ccc2c3n(c(=O)c(=O)cc1-3)c1cc(OC)ccc21. The van der Waals surface area contributed by atoms with E-state index in [9.17, 15) is 9.59 Å². The quantitative estimate of drug-likeness (QED) is 0.532. The van der Waals surface area contributed by atoms with Crippen LogP contribution in [0.1, 0.15) is 6.92 Å². The molecule has 0 fully saturated rings. The fourth-order valence-electron chi connectivity index (χ4n) is 3.16. The highest BCUT2D eigenvalue weighted by Crippen LogP contribution is 2.35. The summed E-state index contributed by atoms with van der Waals surface area (Å²) in [5.41, 5.74) is 1.25. The van der Waals surface area contributed by atoms with Gasteiger partial charge in [-0.25, -0.2) is 0 Å². The van der Waals surface area contributed by atoms with Crippen molar-refractivity contribution in [1.29, 1.82) is 0 Å². The van der Waals surface area contributed by atoms with E-state index in [1.807, 2.05) is 35.9 Å². The first-order valence-corrected chi connectivity index (χ1v) is 7.13. The van der Waals surface area contributed by atoms with Crippen molar-refractivity contribution in [3.8, 4) is 17.1 Å². The predicted octanol–water partition coefficient (Wildman–Crippen LogP) is 2.19. The van der Waals surface area contributed by atoms with Crippen molar-refractivity contribution < 1.29 is 4.74 Å². The molecular formula is C17H14N2O3. The van der Waals surface area contributed by atoms with Gasteiger partial charge in [-0.05, 0) is 25.1 Å². The second-order valence-electron chi connectivity index (χ2n) is 5.28. The van der Waals surface area contributed by atoms with Crippen molar-refractivity contribution in [3.63, 3.8) is 0 Å². The first-order chi connectivity index (χ1) is 10.7. The highest BCUT2D eigenvalue weighted by atomic mass is 16.5. The van der Waals surface area contributed by atoms with Crippen molar-refractivity contribution in [3.05, 3.63) is 57.1 Å². The van der Waals surface area contributed by atoms with Crippen molar-refractivity contribution >= 4 is 16.3 Å². The fourth-order valence-corrected chi connectivity index (χ4v) is 3.16. The minimum Gasteiger partial charge on any atom is -0.497 e. The lowest BCUT2D eigenvalue weighted by Gasteiger charge is -2.14. The number of aromatic nitrogens is 2. The average Bonchev–Trinajstić information content (AvgIpc) is 2.87. The van der Waals surface area contributed by atoms with Crippen LogP contribution in [0.2, 0.25) is 0 Å². The van der Waals surface area contributed by atoms with E-state index >= 15 is 0 Å². The molecule has 2 aliphatic heterocycles. The molecule has 110 valence electrons. The van der Waals surface area contributed by atoms with E-state index in [0.29, 0.717) is 11.3 Å². The summed E-state index contributed by atoms with van der Waals surface area (Å²) in [6.45, 7) is 2.74. The zero-order valence-electron chi connectivity index (χ0n) is 12.3. The summed E-state index contributed by atoms with van der Waals surface area (Å²) < 4.78 is 8.73. The predicted molar refractivity (Wildman–Crippen MR) is 85.5 cm³/mol. The van der Waals surface area contributed by atoms with Crippen molar-refractivity contribution in [2.24, 2.45) is 0 Å². The number of pyridine rings is 2. The second-order valence-corrected chi connectivity index (χ2v) is 5.28. The van der Waals surface area contributed by atoms with Crippen LogP contribution in [0.5, 0.6) is 5.75 Å². The van der Waals surface area contributed by atoms with Crippen LogP contribution in [0.15, 0.2) is 46.1 Å². The largest absolute Gasteiger partial charge is 0.497 e. The lowest BCUT2D eigenvalue weighted by molar-refractivity contribution is 0.415. The van der Waals surface area contributed by atoms with Gasteiger partial charge in [-0.15, -0.1) is 0 Å². The van der Waals surface area contributed by atoms with Gasteiger partial charge in [-0.1, -0.05) is 0 Å². The monoisotopic (exact) mass is 294 g/mol. The third kappa shape index (κ3) is 1.48. The van der Waals surface area contributed by atoms with Gasteiger partial charge in [0, 0.05) is 35.6 Å². The molecule has 0 aliphatic carbocycles. The molecule has 1 aromatic heterocycles. The number of fused-ring (bicyclic) bond motifs is 3. The number of nitrogens with zero attached hydrogens (tertiary/aromatic N) is 2. The molecule has 0 N–H and O–H groups in total. The number of methoxy groups -OCH3 is 1. The van der Waals surface area contributed by atoms with Gasteiger partial charge in [0.1, 0.15) is 5.75 Å². The summed E-state index contributed by atoms with van der Waals surface area (Å²) in [5.74, 6) is 0.659. The molecule has 22 heavy (non-hydrogen) atoms. The van der Waals surface area contributed by atoms with Crippen LogP contribution in [0.4, 0.5) is 0 Å². The van der Waals surface area contributed by atoms with Gasteiger partial charge in [0.25, 0.3) is 0 Å². The Labute approximate surface area is 125 Å². The summed E-state index contributed by atoms with van der Waals surface area (Å²) in [6, 6.07) is 9.01. The molecule has 2 aliphatic rings. The van der Waals surface area contributed by atoms with Gasteiger partial charge in [0.15, 0.2) is 0 Å². The lowest BCUT2D eigenvalue weighted by atomic mass is 10.1. The third-order valence-electron chi connectivity index (χ3n) is 4.21. The van der Waals surface area contributed by atoms with Gasteiger partial charge in [-0.2, -0.15) is 0 Å². The van der Waals surface area contributed by atoms with Gasteiger partial charge >= 0.3 is 5.56 Å². The van der Waals surface area contributed by atoms with Crippen LogP contribution in [-0.4, -0.2) is 16.1 Å². The molecule has 5 heteroatoms. The summed E-state index contributed by atoms with van der Waals surface area (Å²) in [7, 11) is 1.58. The average molecular weight is 294 g/mol. The molecule has 1 aromatic carbocycles. The van der Waals surface area contributed by atoms with Crippen LogP contribution < -0.4 is 15.7 Å². The number of hydrogen-bond acceptors (Lipinski definition) is 3. The van der Waals surface area contributed by atoms with Crippen molar-refractivity contribution in [2.45, 2.75) is 13.5 Å². The van der Waals surface area contributed by atoms with Gasteiger partial charge < -0.3 is 9.30 Å². The number of aryl methyl sites for hydroxylation is 1. The molecule has 0 saturated carbocycles. The normalized spacial score (nSPS) is 11.7.